The molecule has 0 spiro atoms. The zero-order valence-corrected chi connectivity index (χ0v) is 17.4. The van der Waals surface area contributed by atoms with Crippen LogP contribution in [-0.4, -0.2) is 0 Å². The molecule has 0 amide bonds. The molecule has 3 aromatic rings. The van der Waals surface area contributed by atoms with E-state index >= 15 is 0 Å². The van der Waals surface area contributed by atoms with E-state index in [4.69, 9.17) is 19.4 Å². The maximum absolute atomic E-state index is 4.95. The van der Waals surface area contributed by atoms with E-state index in [2.05, 4.69) is 91.0 Å². The van der Waals surface area contributed by atoms with Crippen molar-refractivity contribution in [2.75, 3.05) is 0 Å². The van der Waals surface area contributed by atoms with Gasteiger partial charge in [0.15, 0.2) is 0 Å². The number of hydrogen-bond acceptors (Lipinski definition) is 0. The van der Waals surface area contributed by atoms with Crippen LogP contribution in [0.2, 0.25) is 0 Å². The summed E-state index contributed by atoms with van der Waals surface area (Å²) in [6, 6.07) is 32.3. The predicted octanol–water partition coefficient (Wildman–Crippen LogP) is 4.82. The summed E-state index contributed by atoms with van der Waals surface area (Å²) >= 11 is -0.931. The van der Waals surface area contributed by atoms with Gasteiger partial charge in [-0.05, 0) is 23.8 Å². The standard InChI is InChI=1S/C18H15P.2ClH.Zn/c1-4-10-16(11-5-1)19(17-12-6-2-7-13-17)18-14-8-3-9-15-18;;;/h1-15H;2*1H;/q;;;+2/p-2. The minimum atomic E-state index is -0.931. The zero-order valence-electron chi connectivity index (χ0n) is 12.1. The summed E-state index contributed by atoms with van der Waals surface area (Å²) in [5.41, 5.74) is 0. The van der Waals surface area contributed by atoms with Crippen molar-refractivity contribution in [1.29, 1.82) is 0 Å². The summed E-state index contributed by atoms with van der Waals surface area (Å²) in [7, 11) is 9.46. The van der Waals surface area contributed by atoms with Crippen molar-refractivity contribution in [3.8, 4) is 0 Å². The molecule has 0 aliphatic carbocycles. The molecule has 0 fully saturated rings. The van der Waals surface area contributed by atoms with E-state index in [9.17, 15) is 0 Å². The van der Waals surface area contributed by atoms with E-state index in [-0.39, 0.29) is 0 Å². The molecule has 0 saturated carbocycles. The summed E-state index contributed by atoms with van der Waals surface area (Å²) in [5.74, 6) is 0. The van der Waals surface area contributed by atoms with Crippen molar-refractivity contribution in [1.82, 2.24) is 0 Å². The number of rotatable bonds is 3. The predicted molar refractivity (Wildman–Crippen MR) is 96.9 cm³/mol. The fourth-order valence-corrected chi connectivity index (χ4v) is 4.48. The van der Waals surface area contributed by atoms with Gasteiger partial charge in [0.05, 0.1) is 0 Å². The van der Waals surface area contributed by atoms with Crippen molar-refractivity contribution in [2.24, 2.45) is 0 Å². The molecule has 0 aliphatic heterocycles. The van der Waals surface area contributed by atoms with Gasteiger partial charge >= 0.3 is 34.5 Å². The molecule has 0 bridgehead atoms. The van der Waals surface area contributed by atoms with Crippen molar-refractivity contribution >= 4 is 43.2 Å². The summed E-state index contributed by atoms with van der Waals surface area (Å²) in [5, 5.41) is 4.19. The Morgan fingerprint density at radius 3 is 0.955 bits per heavy atom. The second-order valence-corrected chi connectivity index (χ2v) is 11.3. The third kappa shape index (κ3) is 5.18. The van der Waals surface area contributed by atoms with Crippen LogP contribution in [0.3, 0.4) is 0 Å². The Kier molecular flexibility index (Phi) is 8.13. The molecule has 108 valence electrons. The number of halogens is 2. The Balaban J connectivity index is 0.000000545. The van der Waals surface area contributed by atoms with Crippen molar-refractivity contribution in [3.63, 3.8) is 0 Å². The molecule has 4 heteroatoms. The Morgan fingerprint density at radius 1 is 0.500 bits per heavy atom. The van der Waals surface area contributed by atoms with Gasteiger partial charge in [-0.3, -0.25) is 0 Å². The van der Waals surface area contributed by atoms with E-state index in [1.54, 1.807) is 0 Å². The maximum Gasteiger partial charge on any atom is -0.0134 e. The average Bonchev–Trinajstić information content (AvgIpc) is 2.59. The molecule has 3 aromatic carbocycles. The van der Waals surface area contributed by atoms with E-state index in [0.717, 1.165) is 0 Å². The SMILES string of the molecule is [Cl][Zn][Cl].c1ccc(P(c2ccccc2)c2ccccc2)cc1. The molecule has 0 saturated heterocycles. The summed E-state index contributed by atoms with van der Waals surface area (Å²) < 4.78 is 0. The minimum Gasteiger partial charge on any atom is -0.0622 e. The van der Waals surface area contributed by atoms with E-state index < -0.39 is 23.1 Å². The Bertz CT molecular complexity index is 554. The molecular formula is C18H15Cl2PZn. The van der Waals surface area contributed by atoms with Crippen molar-refractivity contribution in [2.45, 2.75) is 0 Å². The Hall–Kier alpha value is -0.707. The van der Waals surface area contributed by atoms with Gasteiger partial charge < -0.3 is 0 Å². The van der Waals surface area contributed by atoms with Crippen molar-refractivity contribution in [3.05, 3.63) is 91.0 Å². The molecule has 3 rings (SSSR count). The topological polar surface area (TPSA) is 0 Å². The second kappa shape index (κ2) is 10.1. The van der Waals surface area contributed by atoms with Crippen LogP contribution >= 0.6 is 27.3 Å². The molecule has 22 heavy (non-hydrogen) atoms. The molecule has 0 N–H and O–H groups in total. The third-order valence-electron chi connectivity index (χ3n) is 3.04. The smallest absolute Gasteiger partial charge is 0.0134 e. The summed E-state index contributed by atoms with van der Waals surface area (Å²) in [6.07, 6.45) is 0. The van der Waals surface area contributed by atoms with E-state index in [1.165, 1.54) is 15.9 Å². The van der Waals surface area contributed by atoms with Crippen LogP contribution in [0.5, 0.6) is 0 Å². The number of hydrogen-bond donors (Lipinski definition) is 0. The number of benzene rings is 3. The van der Waals surface area contributed by atoms with Gasteiger partial charge in [-0.15, -0.1) is 0 Å². The largest absolute Gasteiger partial charge is 0.0622 e. The van der Waals surface area contributed by atoms with Crippen molar-refractivity contribution < 1.29 is 15.1 Å². The quantitative estimate of drug-likeness (QED) is 0.438. The van der Waals surface area contributed by atoms with Gasteiger partial charge in [0.25, 0.3) is 0 Å². The van der Waals surface area contributed by atoms with Crippen LogP contribution in [0.15, 0.2) is 91.0 Å². The molecule has 0 heterocycles. The van der Waals surface area contributed by atoms with Gasteiger partial charge in [0.2, 0.25) is 0 Å². The van der Waals surface area contributed by atoms with Gasteiger partial charge in [-0.25, -0.2) is 0 Å². The van der Waals surface area contributed by atoms with Crippen LogP contribution in [0.1, 0.15) is 0 Å². The van der Waals surface area contributed by atoms with Crippen LogP contribution < -0.4 is 15.9 Å². The van der Waals surface area contributed by atoms with Crippen LogP contribution in [-0.2, 0) is 15.1 Å². The molecule has 0 nitrogen and oxygen atoms in total. The van der Waals surface area contributed by atoms with E-state index in [1.807, 2.05) is 0 Å². The van der Waals surface area contributed by atoms with Gasteiger partial charge in [-0.1, -0.05) is 91.0 Å². The molecule has 0 aromatic heterocycles. The minimum absolute atomic E-state index is 0.446. The Labute approximate surface area is 148 Å². The molecule has 0 radical (unpaired) electrons. The molecule has 0 atom stereocenters. The molecule has 0 unspecified atom stereocenters. The van der Waals surface area contributed by atoms with Crippen LogP contribution in [0.4, 0.5) is 0 Å². The maximum atomic E-state index is 4.95. The normalized spacial score (nSPS) is 9.59. The average molecular weight is 399 g/mol. The van der Waals surface area contributed by atoms with Gasteiger partial charge in [0, 0.05) is 0 Å². The monoisotopic (exact) mass is 396 g/mol. The first kappa shape index (κ1) is 17.6. The summed E-state index contributed by atoms with van der Waals surface area (Å²) in [4.78, 5) is 0. The first-order valence-corrected chi connectivity index (χ1v) is 16.1. The van der Waals surface area contributed by atoms with Gasteiger partial charge in [0.1, 0.15) is 0 Å². The first-order chi connectivity index (χ1) is 10.9. The summed E-state index contributed by atoms with van der Waals surface area (Å²) in [6.45, 7) is 0. The molecular weight excluding hydrogens is 383 g/mol. The molecule has 0 aliphatic rings. The van der Waals surface area contributed by atoms with E-state index in [0.29, 0.717) is 0 Å². The zero-order chi connectivity index (χ0) is 15.6. The fourth-order valence-electron chi connectivity index (χ4n) is 2.18. The Morgan fingerprint density at radius 2 is 0.727 bits per heavy atom. The second-order valence-electron chi connectivity index (χ2n) is 4.44. The van der Waals surface area contributed by atoms with Crippen LogP contribution in [0.25, 0.3) is 0 Å². The fraction of sp³-hybridized carbons (Fsp3) is 0. The third-order valence-corrected chi connectivity index (χ3v) is 5.49. The first-order valence-electron chi connectivity index (χ1n) is 6.94. The van der Waals surface area contributed by atoms with Gasteiger partial charge in [-0.2, -0.15) is 0 Å². The van der Waals surface area contributed by atoms with Crippen LogP contribution in [0, 0.1) is 0 Å².